The molecule has 0 aromatic heterocycles. The summed E-state index contributed by atoms with van der Waals surface area (Å²) in [5.41, 5.74) is 0.618. The molecule has 2 rings (SSSR count). The Bertz CT molecular complexity index is 530. The number of rotatable bonds is 5. The van der Waals surface area contributed by atoms with Gasteiger partial charge in [0.15, 0.2) is 11.6 Å². The summed E-state index contributed by atoms with van der Waals surface area (Å²) < 4.78 is 18.4. The standard InChI is InChI=1S/C16H20FNO3/c1-21-15-4-2-12(10-14(15)17)3-5-16(20)18-8-6-13(11-18)7-9-19/h2-5,10,13,19H,6-9,11H2,1H3/b5-3+. The van der Waals surface area contributed by atoms with Gasteiger partial charge in [0.25, 0.3) is 0 Å². The zero-order valence-corrected chi connectivity index (χ0v) is 12.1. The minimum atomic E-state index is -0.448. The molecule has 1 saturated heterocycles. The summed E-state index contributed by atoms with van der Waals surface area (Å²) >= 11 is 0. The van der Waals surface area contributed by atoms with E-state index in [4.69, 9.17) is 9.84 Å². The lowest BCUT2D eigenvalue weighted by Crippen LogP contribution is -2.26. The maximum atomic E-state index is 13.5. The summed E-state index contributed by atoms with van der Waals surface area (Å²) in [4.78, 5) is 13.8. The van der Waals surface area contributed by atoms with E-state index in [2.05, 4.69) is 0 Å². The fourth-order valence-electron chi connectivity index (χ4n) is 2.51. The van der Waals surface area contributed by atoms with Crippen LogP contribution in [-0.4, -0.2) is 42.7 Å². The third kappa shape index (κ3) is 4.04. The highest BCUT2D eigenvalue weighted by Gasteiger charge is 2.24. The van der Waals surface area contributed by atoms with Gasteiger partial charge in [-0.3, -0.25) is 4.79 Å². The van der Waals surface area contributed by atoms with Crippen LogP contribution in [0.25, 0.3) is 6.08 Å². The van der Waals surface area contributed by atoms with E-state index in [0.29, 0.717) is 24.6 Å². The van der Waals surface area contributed by atoms with E-state index in [0.717, 1.165) is 12.8 Å². The second-order valence-corrected chi connectivity index (χ2v) is 5.18. The molecule has 114 valence electrons. The fourth-order valence-corrected chi connectivity index (χ4v) is 2.51. The number of nitrogens with zero attached hydrogens (tertiary/aromatic N) is 1. The molecule has 0 bridgehead atoms. The van der Waals surface area contributed by atoms with Gasteiger partial charge >= 0.3 is 0 Å². The van der Waals surface area contributed by atoms with Crippen LogP contribution >= 0.6 is 0 Å². The van der Waals surface area contributed by atoms with E-state index in [1.54, 1.807) is 17.0 Å². The Balaban J connectivity index is 1.95. The first-order valence-corrected chi connectivity index (χ1v) is 7.05. The zero-order chi connectivity index (χ0) is 15.2. The topological polar surface area (TPSA) is 49.8 Å². The van der Waals surface area contributed by atoms with Gasteiger partial charge in [-0.2, -0.15) is 0 Å². The van der Waals surface area contributed by atoms with E-state index in [1.807, 2.05) is 0 Å². The van der Waals surface area contributed by atoms with Gasteiger partial charge in [-0.1, -0.05) is 6.07 Å². The molecule has 4 nitrogen and oxygen atoms in total. The van der Waals surface area contributed by atoms with Crippen molar-refractivity contribution in [1.82, 2.24) is 4.90 Å². The Hall–Kier alpha value is -1.88. The Morgan fingerprint density at radius 3 is 3.05 bits per heavy atom. The number of amides is 1. The summed E-state index contributed by atoms with van der Waals surface area (Å²) in [5, 5.41) is 8.91. The molecule has 0 radical (unpaired) electrons. The van der Waals surface area contributed by atoms with Crippen molar-refractivity contribution in [2.45, 2.75) is 12.8 Å². The van der Waals surface area contributed by atoms with E-state index in [1.165, 1.54) is 25.3 Å². The van der Waals surface area contributed by atoms with Gasteiger partial charge in [0.1, 0.15) is 0 Å². The van der Waals surface area contributed by atoms with Crippen LogP contribution in [0.3, 0.4) is 0 Å². The molecular weight excluding hydrogens is 273 g/mol. The molecule has 1 fully saturated rings. The number of benzene rings is 1. The highest BCUT2D eigenvalue weighted by Crippen LogP contribution is 2.20. The SMILES string of the molecule is COc1ccc(/C=C/C(=O)N2CCC(CCO)C2)cc1F. The molecule has 0 aliphatic carbocycles. The minimum absolute atomic E-state index is 0.0772. The first kappa shape index (κ1) is 15.5. The van der Waals surface area contributed by atoms with Crippen molar-refractivity contribution in [2.24, 2.45) is 5.92 Å². The smallest absolute Gasteiger partial charge is 0.246 e. The summed E-state index contributed by atoms with van der Waals surface area (Å²) in [6.07, 6.45) is 4.72. The monoisotopic (exact) mass is 293 g/mol. The van der Waals surface area contributed by atoms with E-state index in [-0.39, 0.29) is 18.3 Å². The third-order valence-corrected chi connectivity index (χ3v) is 3.73. The summed E-state index contributed by atoms with van der Waals surface area (Å²) in [5.74, 6) is 0.0404. The molecule has 1 heterocycles. The molecule has 21 heavy (non-hydrogen) atoms. The molecule has 1 unspecified atom stereocenters. The Morgan fingerprint density at radius 1 is 1.57 bits per heavy atom. The number of carbonyl (C=O) groups excluding carboxylic acids is 1. The quantitative estimate of drug-likeness (QED) is 0.846. The van der Waals surface area contributed by atoms with Gasteiger partial charge in [-0.15, -0.1) is 0 Å². The highest BCUT2D eigenvalue weighted by atomic mass is 19.1. The summed E-state index contributed by atoms with van der Waals surface area (Å²) in [6.45, 7) is 1.55. The highest BCUT2D eigenvalue weighted by molar-refractivity contribution is 5.92. The lowest BCUT2D eigenvalue weighted by atomic mass is 10.1. The number of hydrogen-bond acceptors (Lipinski definition) is 3. The number of hydrogen-bond donors (Lipinski definition) is 1. The lowest BCUT2D eigenvalue weighted by Gasteiger charge is -2.13. The molecule has 1 aliphatic heterocycles. The van der Waals surface area contributed by atoms with Gasteiger partial charge < -0.3 is 14.7 Å². The predicted molar refractivity (Wildman–Crippen MR) is 78.4 cm³/mol. The van der Waals surface area contributed by atoms with Crippen LogP contribution in [0.2, 0.25) is 0 Å². The number of methoxy groups -OCH3 is 1. The Kier molecular flexibility index (Phi) is 5.33. The van der Waals surface area contributed by atoms with Gasteiger partial charge in [0, 0.05) is 25.8 Å². The van der Waals surface area contributed by atoms with Crippen molar-refractivity contribution in [3.05, 3.63) is 35.7 Å². The maximum absolute atomic E-state index is 13.5. The summed E-state index contributed by atoms with van der Waals surface area (Å²) in [7, 11) is 1.41. The largest absolute Gasteiger partial charge is 0.494 e. The van der Waals surface area contributed by atoms with Crippen molar-refractivity contribution in [1.29, 1.82) is 0 Å². The lowest BCUT2D eigenvalue weighted by molar-refractivity contribution is -0.125. The van der Waals surface area contributed by atoms with E-state index < -0.39 is 5.82 Å². The molecule has 0 saturated carbocycles. The Labute approximate surface area is 123 Å². The average Bonchev–Trinajstić information content (AvgIpc) is 2.94. The first-order valence-electron chi connectivity index (χ1n) is 7.05. The minimum Gasteiger partial charge on any atom is -0.494 e. The van der Waals surface area contributed by atoms with E-state index >= 15 is 0 Å². The van der Waals surface area contributed by atoms with Crippen LogP contribution in [0.5, 0.6) is 5.75 Å². The molecule has 1 aromatic carbocycles. The van der Waals surface area contributed by atoms with Crippen molar-refractivity contribution in [2.75, 3.05) is 26.8 Å². The number of ether oxygens (including phenoxy) is 1. The van der Waals surface area contributed by atoms with Crippen LogP contribution in [0.15, 0.2) is 24.3 Å². The second-order valence-electron chi connectivity index (χ2n) is 5.18. The van der Waals surface area contributed by atoms with Crippen LogP contribution < -0.4 is 4.74 Å². The van der Waals surface area contributed by atoms with Crippen molar-refractivity contribution in [3.63, 3.8) is 0 Å². The fraction of sp³-hybridized carbons (Fsp3) is 0.438. The zero-order valence-electron chi connectivity index (χ0n) is 12.1. The second kappa shape index (κ2) is 7.22. The number of aliphatic hydroxyl groups excluding tert-OH is 1. The van der Waals surface area contributed by atoms with Crippen LogP contribution in [0.1, 0.15) is 18.4 Å². The summed E-state index contributed by atoms with van der Waals surface area (Å²) in [6, 6.07) is 4.57. The third-order valence-electron chi connectivity index (χ3n) is 3.73. The Morgan fingerprint density at radius 2 is 2.38 bits per heavy atom. The molecule has 0 spiro atoms. The molecule has 5 heteroatoms. The molecule has 1 amide bonds. The van der Waals surface area contributed by atoms with E-state index in [9.17, 15) is 9.18 Å². The average molecular weight is 293 g/mol. The van der Waals surface area contributed by atoms with Crippen LogP contribution in [0, 0.1) is 11.7 Å². The molecule has 1 aliphatic rings. The van der Waals surface area contributed by atoms with Gasteiger partial charge in [-0.25, -0.2) is 4.39 Å². The molecular formula is C16H20FNO3. The maximum Gasteiger partial charge on any atom is 0.246 e. The van der Waals surface area contributed by atoms with Crippen LogP contribution in [-0.2, 0) is 4.79 Å². The van der Waals surface area contributed by atoms with Gasteiger partial charge in [-0.05, 0) is 42.5 Å². The van der Waals surface area contributed by atoms with Crippen molar-refractivity contribution < 1.29 is 19.0 Å². The van der Waals surface area contributed by atoms with Crippen LogP contribution in [0.4, 0.5) is 4.39 Å². The van der Waals surface area contributed by atoms with Crippen molar-refractivity contribution in [3.8, 4) is 5.75 Å². The predicted octanol–water partition coefficient (Wildman–Crippen LogP) is 2.08. The first-order chi connectivity index (χ1) is 10.1. The molecule has 1 N–H and O–H groups in total. The molecule has 1 aromatic rings. The normalized spacial score (nSPS) is 18.4. The van der Waals surface area contributed by atoms with Gasteiger partial charge in [0.2, 0.25) is 5.91 Å². The molecule has 1 atom stereocenters. The number of halogens is 1. The number of carbonyl (C=O) groups is 1. The number of aliphatic hydroxyl groups is 1. The van der Waals surface area contributed by atoms with Gasteiger partial charge in [0.05, 0.1) is 7.11 Å². The number of likely N-dealkylation sites (tertiary alicyclic amines) is 1. The van der Waals surface area contributed by atoms with Crippen molar-refractivity contribution >= 4 is 12.0 Å².